The van der Waals surface area contributed by atoms with E-state index in [1.165, 1.54) is 5.56 Å². The Hall–Kier alpha value is -2.57. The first kappa shape index (κ1) is 19.2. The zero-order valence-electron chi connectivity index (χ0n) is 15.8. The summed E-state index contributed by atoms with van der Waals surface area (Å²) in [4.78, 5) is 41.6. The van der Waals surface area contributed by atoms with Crippen LogP contribution in [0.2, 0.25) is 0 Å². The molecule has 0 radical (unpaired) electrons. The van der Waals surface area contributed by atoms with Crippen LogP contribution in [0.25, 0.3) is 0 Å². The van der Waals surface area contributed by atoms with Gasteiger partial charge in [-0.25, -0.2) is 4.79 Å². The summed E-state index contributed by atoms with van der Waals surface area (Å²) in [6.45, 7) is 4.77. The number of piperazine rings is 1. The molecule has 146 valence electrons. The van der Waals surface area contributed by atoms with Gasteiger partial charge >= 0.3 is 6.09 Å². The Balaban J connectivity index is 1.46. The van der Waals surface area contributed by atoms with Gasteiger partial charge in [-0.1, -0.05) is 30.3 Å². The first-order chi connectivity index (χ1) is 13.1. The Morgan fingerprint density at radius 2 is 1.74 bits per heavy atom. The molecule has 0 unspecified atom stereocenters. The molecular formula is C20H27N3O4. The van der Waals surface area contributed by atoms with Gasteiger partial charge in [0.15, 0.2) is 0 Å². The molecule has 0 aromatic heterocycles. The van der Waals surface area contributed by atoms with E-state index in [0.29, 0.717) is 45.8 Å². The maximum Gasteiger partial charge on any atom is 0.409 e. The van der Waals surface area contributed by atoms with Gasteiger partial charge in [-0.3, -0.25) is 9.59 Å². The van der Waals surface area contributed by atoms with Crippen LogP contribution in [-0.4, -0.2) is 78.5 Å². The molecule has 27 heavy (non-hydrogen) atoms. The predicted molar refractivity (Wildman–Crippen MR) is 100 cm³/mol. The Morgan fingerprint density at radius 1 is 1.07 bits per heavy atom. The third-order valence-corrected chi connectivity index (χ3v) is 5.15. The molecule has 3 rings (SSSR count). The summed E-state index contributed by atoms with van der Waals surface area (Å²) in [6, 6.07) is 10.1. The number of hydrogen-bond acceptors (Lipinski definition) is 4. The fraction of sp³-hybridized carbons (Fsp3) is 0.550. The molecule has 0 saturated carbocycles. The van der Waals surface area contributed by atoms with Gasteiger partial charge in [0.25, 0.3) is 0 Å². The number of carbonyl (C=O) groups excluding carboxylic acids is 3. The number of amides is 3. The highest BCUT2D eigenvalue weighted by Gasteiger charge is 2.33. The predicted octanol–water partition coefficient (Wildman–Crippen LogP) is 1.38. The third-order valence-electron chi connectivity index (χ3n) is 5.15. The van der Waals surface area contributed by atoms with E-state index in [-0.39, 0.29) is 30.4 Å². The number of rotatable bonds is 5. The van der Waals surface area contributed by atoms with Crippen LogP contribution in [-0.2, 0) is 20.7 Å². The third kappa shape index (κ3) is 4.99. The number of ether oxygens (including phenoxy) is 1. The monoisotopic (exact) mass is 373 g/mol. The van der Waals surface area contributed by atoms with Crippen LogP contribution >= 0.6 is 0 Å². The molecule has 7 heteroatoms. The van der Waals surface area contributed by atoms with Crippen LogP contribution < -0.4 is 0 Å². The lowest BCUT2D eigenvalue weighted by molar-refractivity contribution is -0.139. The number of nitrogens with zero attached hydrogens (tertiary/aromatic N) is 3. The summed E-state index contributed by atoms with van der Waals surface area (Å²) < 4.78 is 4.99. The van der Waals surface area contributed by atoms with Crippen LogP contribution in [0.5, 0.6) is 0 Å². The van der Waals surface area contributed by atoms with Gasteiger partial charge in [-0.05, 0) is 24.8 Å². The number of carbonyl (C=O) groups is 3. The van der Waals surface area contributed by atoms with E-state index in [2.05, 4.69) is 12.1 Å². The van der Waals surface area contributed by atoms with Crippen LogP contribution in [0.1, 0.15) is 18.9 Å². The van der Waals surface area contributed by atoms with Gasteiger partial charge in [0, 0.05) is 39.1 Å². The number of benzene rings is 1. The van der Waals surface area contributed by atoms with Crippen molar-refractivity contribution in [1.82, 2.24) is 14.7 Å². The Labute approximate surface area is 159 Å². The lowest BCUT2D eigenvalue weighted by Crippen LogP contribution is -2.52. The van der Waals surface area contributed by atoms with Crippen LogP contribution in [0.4, 0.5) is 4.79 Å². The maximum absolute atomic E-state index is 12.6. The van der Waals surface area contributed by atoms with Gasteiger partial charge in [-0.2, -0.15) is 0 Å². The Bertz CT molecular complexity index is 671. The lowest BCUT2D eigenvalue weighted by atomic mass is 9.99. The van der Waals surface area contributed by atoms with E-state index in [1.54, 1.807) is 21.6 Å². The minimum atomic E-state index is -0.330. The molecule has 1 aromatic carbocycles. The molecule has 2 aliphatic rings. The lowest BCUT2D eigenvalue weighted by Gasteiger charge is -2.34. The summed E-state index contributed by atoms with van der Waals surface area (Å²) in [6.07, 6.45) is 1.02. The normalized spacial score (nSPS) is 20.1. The van der Waals surface area contributed by atoms with Crippen molar-refractivity contribution in [2.24, 2.45) is 5.92 Å². The van der Waals surface area contributed by atoms with Crippen LogP contribution in [0, 0.1) is 5.92 Å². The number of likely N-dealkylation sites (tertiary alicyclic amines) is 1. The Kier molecular flexibility index (Phi) is 6.32. The van der Waals surface area contributed by atoms with E-state index in [0.717, 1.165) is 6.42 Å². The van der Waals surface area contributed by atoms with Crippen molar-refractivity contribution < 1.29 is 19.1 Å². The minimum absolute atomic E-state index is 0.0489. The van der Waals surface area contributed by atoms with E-state index < -0.39 is 0 Å². The van der Waals surface area contributed by atoms with E-state index >= 15 is 0 Å². The largest absolute Gasteiger partial charge is 0.450 e. The van der Waals surface area contributed by atoms with Crippen LogP contribution in [0.3, 0.4) is 0 Å². The average molecular weight is 373 g/mol. The second kappa shape index (κ2) is 8.88. The van der Waals surface area contributed by atoms with Gasteiger partial charge in [0.1, 0.15) is 0 Å². The highest BCUT2D eigenvalue weighted by Crippen LogP contribution is 2.22. The second-order valence-electron chi connectivity index (χ2n) is 7.10. The molecule has 7 nitrogen and oxygen atoms in total. The minimum Gasteiger partial charge on any atom is -0.450 e. The molecule has 2 aliphatic heterocycles. The van der Waals surface area contributed by atoms with Crippen molar-refractivity contribution in [1.29, 1.82) is 0 Å². The molecule has 2 fully saturated rings. The van der Waals surface area contributed by atoms with E-state index in [4.69, 9.17) is 4.74 Å². The highest BCUT2D eigenvalue weighted by molar-refractivity contribution is 5.86. The summed E-state index contributed by atoms with van der Waals surface area (Å²) >= 11 is 0. The Morgan fingerprint density at radius 3 is 2.41 bits per heavy atom. The second-order valence-corrected chi connectivity index (χ2v) is 7.10. The first-order valence-electron chi connectivity index (χ1n) is 9.58. The molecule has 0 aliphatic carbocycles. The van der Waals surface area contributed by atoms with Crippen molar-refractivity contribution in [3.05, 3.63) is 35.9 Å². The zero-order chi connectivity index (χ0) is 19.2. The molecule has 2 heterocycles. The zero-order valence-corrected chi connectivity index (χ0v) is 15.8. The standard InChI is InChI=1S/C20H27N3O4/c1-2-27-20(26)22-10-8-21(9-11-22)19(25)15-23-14-17(13-18(23)24)12-16-6-4-3-5-7-16/h3-7,17H,2,8-15H2,1H3/t17-/m1/s1. The first-order valence-corrected chi connectivity index (χ1v) is 9.58. The topological polar surface area (TPSA) is 70.2 Å². The summed E-state index contributed by atoms with van der Waals surface area (Å²) in [5.41, 5.74) is 1.22. The maximum atomic E-state index is 12.6. The SMILES string of the molecule is CCOC(=O)N1CCN(C(=O)CN2C[C@H](Cc3ccccc3)CC2=O)CC1. The van der Waals surface area contributed by atoms with E-state index in [9.17, 15) is 14.4 Å². The molecule has 3 amide bonds. The van der Waals surface area contributed by atoms with Crippen molar-refractivity contribution >= 4 is 17.9 Å². The number of hydrogen-bond donors (Lipinski definition) is 0. The summed E-state index contributed by atoms with van der Waals surface area (Å²) in [5, 5.41) is 0. The van der Waals surface area contributed by atoms with Gasteiger partial charge in [0.05, 0.1) is 13.2 Å². The smallest absolute Gasteiger partial charge is 0.409 e. The highest BCUT2D eigenvalue weighted by atomic mass is 16.6. The molecular weight excluding hydrogens is 346 g/mol. The fourth-order valence-corrected chi connectivity index (χ4v) is 3.71. The molecule has 0 bridgehead atoms. The quantitative estimate of drug-likeness (QED) is 0.782. The van der Waals surface area contributed by atoms with Gasteiger partial charge in [0.2, 0.25) is 11.8 Å². The molecule has 1 atom stereocenters. The summed E-state index contributed by atoms with van der Waals surface area (Å²) in [5.74, 6) is 0.259. The van der Waals surface area contributed by atoms with Crippen molar-refractivity contribution in [3.8, 4) is 0 Å². The molecule has 0 spiro atoms. The summed E-state index contributed by atoms with van der Waals surface area (Å²) in [7, 11) is 0. The fourth-order valence-electron chi connectivity index (χ4n) is 3.71. The van der Waals surface area contributed by atoms with E-state index in [1.807, 2.05) is 18.2 Å². The van der Waals surface area contributed by atoms with Crippen LogP contribution in [0.15, 0.2) is 30.3 Å². The van der Waals surface area contributed by atoms with Crippen molar-refractivity contribution in [2.75, 3.05) is 45.9 Å². The van der Waals surface area contributed by atoms with Gasteiger partial charge in [-0.15, -0.1) is 0 Å². The average Bonchev–Trinajstić information content (AvgIpc) is 3.01. The van der Waals surface area contributed by atoms with Gasteiger partial charge < -0.3 is 19.4 Å². The molecule has 0 N–H and O–H groups in total. The van der Waals surface area contributed by atoms with Crippen molar-refractivity contribution in [2.45, 2.75) is 19.8 Å². The van der Waals surface area contributed by atoms with Crippen molar-refractivity contribution in [3.63, 3.8) is 0 Å². The molecule has 1 aromatic rings. The molecule has 2 saturated heterocycles.